The number of sulfonamides is 1. The van der Waals surface area contributed by atoms with Gasteiger partial charge in [0, 0.05) is 10.9 Å². The van der Waals surface area contributed by atoms with E-state index in [1.54, 1.807) is 0 Å². The van der Waals surface area contributed by atoms with E-state index in [0.29, 0.717) is 9.18 Å². The number of rotatable bonds is 5. The smallest absolute Gasteiger partial charge is 0.207 e. The second-order valence-electron chi connectivity index (χ2n) is 4.10. The topological polar surface area (TPSA) is 37.4 Å². The number of alkyl halides is 4. The van der Waals surface area contributed by atoms with Gasteiger partial charge >= 0.3 is 6.18 Å². The Balaban J connectivity index is 3.21. The first-order chi connectivity index (χ1) is 8.59. The fourth-order valence-electron chi connectivity index (χ4n) is 1.50. The van der Waals surface area contributed by atoms with Crippen molar-refractivity contribution in [1.82, 2.24) is 4.31 Å². The van der Waals surface area contributed by atoms with Crippen molar-refractivity contribution in [3.05, 3.63) is 16.3 Å². The van der Waals surface area contributed by atoms with Crippen LogP contribution in [-0.4, -0.2) is 31.5 Å². The first-order valence-corrected chi connectivity index (χ1v) is 8.16. The third-order valence-corrected chi connectivity index (χ3v) is 5.91. The summed E-state index contributed by atoms with van der Waals surface area (Å²) in [5, 5.41) is 1.50. The molecule has 9 heteroatoms. The Morgan fingerprint density at radius 2 is 2.00 bits per heavy atom. The number of nitrogens with zero attached hydrogens (tertiary/aromatic N) is 1. The molecule has 1 aromatic rings. The summed E-state index contributed by atoms with van der Waals surface area (Å²) in [5.41, 5.74) is 0. The maximum absolute atomic E-state index is 12.5. The highest BCUT2D eigenvalue weighted by Crippen LogP contribution is 2.30. The number of hydrogen-bond acceptors (Lipinski definition) is 3. The van der Waals surface area contributed by atoms with Crippen molar-refractivity contribution >= 4 is 33.0 Å². The fraction of sp³-hybridized carbons (Fsp3) is 0.600. The SMILES string of the molecule is CC(C)N(CC(F)(F)F)S(=O)(=O)c1ccsc1CCl. The maximum atomic E-state index is 12.5. The first kappa shape index (κ1) is 16.7. The zero-order chi connectivity index (χ0) is 14.8. The van der Waals surface area contributed by atoms with Crippen LogP contribution in [0.2, 0.25) is 0 Å². The summed E-state index contributed by atoms with van der Waals surface area (Å²) in [6.07, 6.45) is -4.59. The summed E-state index contributed by atoms with van der Waals surface area (Å²) in [6.45, 7) is 1.29. The van der Waals surface area contributed by atoms with Crippen molar-refractivity contribution in [2.75, 3.05) is 6.54 Å². The van der Waals surface area contributed by atoms with Gasteiger partial charge in [0.05, 0.1) is 10.8 Å². The third-order valence-electron chi connectivity index (χ3n) is 2.32. The van der Waals surface area contributed by atoms with Crippen LogP contribution in [0.1, 0.15) is 18.7 Å². The molecule has 0 spiro atoms. The summed E-state index contributed by atoms with van der Waals surface area (Å²) in [6, 6.07) is 0.485. The van der Waals surface area contributed by atoms with Crippen LogP contribution in [0.25, 0.3) is 0 Å². The van der Waals surface area contributed by atoms with E-state index in [2.05, 4.69) is 0 Å². The van der Waals surface area contributed by atoms with Gasteiger partial charge in [0.25, 0.3) is 0 Å². The van der Waals surface area contributed by atoms with Gasteiger partial charge in [-0.3, -0.25) is 0 Å². The van der Waals surface area contributed by atoms with Gasteiger partial charge in [0.2, 0.25) is 10.0 Å². The van der Waals surface area contributed by atoms with Gasteiger partial charge in [0.15, 0.2) is 0 Å². The molecule has 110 valence electrons. The summed E-state index contributed by atoms with van der Waals surface area (Å²) >= 11 is 6.71. The van der Waals surface area contributed by atoms with Gasteiger partial charge in [0.1, 0.15) is 6.54 Å². The van der Waals surface area contributed by atoms with Crippen molar-refractivity contribution in [3.8, 4) is 0 Å². The molecular weight excluding hydrogens is 323 g/mol. The first-order valence-electron chi connectivity index (χ1n) is 5.30. The van der Waals surface area contributed by atoms with Crippen molar-refractivity contribution in [1.29, 1.82) is 0 Å². The molecule has 0 amide bonds. The molecule has 3 nitrogen and oxygen atoms in total. The lowest BCUT2D eigenvalue weighted by Crippen LogP contribution is -2.43. The Labute approximate surface area is 119 Å². The Kier molecular flexibility index (Phi) is 5.28. The lowest BCUT2D eigenvalue weighted by Gasteiger charge is -2.26. The van der Waals surface area contributed by atoms with Crippen LogP contribution >= 0.6 is 22.9 Å². The van der Waals surface area contributed by atoms with Gasteiger partial charge in [-0.1, -0.05) is 0 Å². The predicted octanol–water partition coefficient (Wildman–Crippen LogP) is 3.45. The minimum Gasteiger partial charge on any atom is -0.207 e. The zero-order valence-corrected chi connectivity index (χ0v) is 12.6. The van der Waals surface area contributed by atoms with Crippen molar-refractivity contribution < 1.29 is 21.6 Å². The Hall–Kier alpha value is -0.310. The molecule has 0 bridgehead atoms. The fourth-order valence-corrected chi connectivity index (χ4v) is 4.80. The molecule has 0 N–H and O–H groups in total. The van der Waals surface area contributed by atoms with E-state index in [-0.39, 0.29) is 10.8 Å². The molecule has 0 fully saturated rings. The van der Waals surface area contributed by atoms with Crippen molar-refractivity contribution in [3.63, 3.8) is 0 Å². The standard InChI is InChI=1S/C10H13ClF3NO2S2/c1-7(2)15(6-10(12,13)14)19(16,17)9-3-4-18-8(9)5-11/h3-4,7H,5-6H2,1-2H3. The van der Waals surface area contributed by atoms with Gasteiger partial charge in [-0.25, -0.2) is 8.42 Å². The molecule has 19 heavy (non-hydrogen) atoms. The van der Waals surface area contributed by atoms with E-state index >= 15 is 0 Å². The van der Waals surface area contributed by atoms with Crippen LogP contribution in [0.3, 0.4) is 0 Å². The minimum atomic E-state index is -4.59. The number of halogens is 4. The molecule has 1 rings (SSSR count). The highest BCUT2D eigenvalue weighted by atomic mass is 35.5. The second-order valence-corrected chi connectivity index (χ2v) is 7.23. The number of thiophene rings is 1. The molecular formula is C10H13ClF3NO2S2. The molecule has 0 atom stereocenters. The largest absolute Gasteiger partial charge is 0.402 e. The van der Waals surface area contributed by atoms with Crippen LogP contribution in [0.4, 0.5) is 13.2 Å². The summed E-state index contributed by atoms with van der Waals surface area (Å²) in [7, 11) is -4.19. The van der Waals surface area contributed by atoms with Crippen LogP contribution in [0, 0.1) is 0 Å². The van der Waals surface area contributed by atoms with Crippen LogP contribution in [0.15, 0.2) is 16.3 Å². The molecule has 0 aliphatic heterocycles. The molecule has 0 aromatic carbocycles. The Bertz CT molecular complexity index is 525. The summed E-state index contributed by atoms with van der Waals surface area (Å²) in [5.74, 6) is -0.0514. The van der Waals surface area contributed by atoms with E-state index in [4.69, 9.17) is 11.6 Å². The van der Waals surface area contributed by atoms with E-state index in [0.717, 1.165) is 11.3 Å². The van der Waals surface area contributed by atoms with Gasteiger partial charge < -0.3 is 0 Å². The van der Waals surface area contributed by atoms with Crippen LogP contribution in [-0.2, 0) is 15.9 Å². The Morgan fingerprint density at radius 1 is 1.42 bits per heavy atom. The average Bonchev–Trinajstić information content (AvgIpc) is 2.72. The summed E-state index contributed by atoms with van der Waals surface area (Å²) in [4.78, 5) is 0.194. The van der Waals surface area contributed by atoms with Gasteiger partial charge in [-0.05, 0) is 25.3 Å². The average molecular weight is 336 g/mol. The predicted molar refractivity (Wildman–Crippen MR) is 69.0 cm³/mol. The third kappa shape index (κ3) is 4.08. The Morgan fingerprint density at radius 3 is 2.42 bits per heavy atom. The zero-order valence-electron chi connectivity index (χ0n) is 10.2. The van der Waals surface area contributed by atoms with E-state index in [1.165, 1.54) is 25.3 Å². The van der Waals surface area contributed by atoms with Crippen LogP contribution in [0.5, 0.6) is 0 Å². The maximum Gasteiger partial charge on any atom is 0.402 e. The second kappa shape index (κ2) is 5.99. The molecule has 0 aliphatic rings. The molecule has 0 radical (unpaired) electrons. The highest BCUT2D eigenvalue weighted by molar-refractivity contribution is 7.89. The molecule has 0 unspecified atom stereocenters. The minimum absolute atomic E-state index is 0.0514. The van der Waals surface area contributed by atoms with Crippen molar-refractivity contribution in [2.24, 2.45) is 0 Å². The van der Waals surface area contributed by atoms with E-state index in [1.807, 2.05) is 0 Å². The molecule has 1 aromatic heterocycles. The summed E-state index contributed by atoms with van der Waals surface area (Å²) < 4.78 is 62.4. The highest BCUT2D eigenvalue weighted by Gasteiger charge is 2.39. The number of hydrogen-bond donors (Lipinski definition) is 0. The van der Waals surface area contributed by atoms with Gasteiger partial charge in [-0.2, -0.15) is 17.5 Å². The lowest BCUT2D eigenvalue weighted by molar-refractivity contribution is -0.138. The van der Waals surface area contributed by atoms with Crippen molar-refractivity contribution in [2.45, 2.75) is 36.8 Å². The molecule has 0 saturated heterocycles. The molecule has 0 aliphatic carbocycles. The van der Waals surface area contributed by atoms with E-state index in [9.17, 15) is 21.6 Å². The lowest BCUT2D eigenvalue weighted by atomic mass is 10.4. The normalized spacial score (nSPS) is 13.5. The quantitative estimate of drug-likeness (QED) is 0.773. The monoisotopic (exact) mass is 335 g/mol. The molecule has 0 saturated carbocycles. The van der Waals surface area contributed by atoms with E-state index < -0.39 is 28.8 Å². The van der Waals surface area contributed by atoms with Gasteiger partial charge in [-0.15, -0.1) is 22.9 Å². The molecule has 1 heterocycles. The van der Waals surface area contributed by atoms with Crippen LogP contribution < -0.4 is 0 Å².